The first-order valence-electron chi connectivity index (χ1n) is 12.9. The number of nitrogens with one attached hydrogen (secondary N) is 1. The maximum absolute atomic E-state index is 13.9. The van der Waals surface area contributed by atoms with Crippen LogP contribution in [0.15, 0.2) is 82.6 Å². The molecule has 43 heavy (non-hydrogen) atoms. The SMILES string of the molecule is COc1ccc([C@@H]2c3sc(=O)n(CC(=O)Nc4ccc(F)cc4)c3S[C@H]3C(=O)N(c4ccc([N+](=O)[O-])cc4)C(=O)[C@@H]23)cc1. The maximum atomic E-state index is 13.9. The Kier molecular flexibility index (Phi) is 7.31. The standard InChI is InChI=1S/C29H21FN4O7S2/c1-41-20-12-2-15(3-13-20)22-23-24(27(37)33(26(23)36)18-8-10-19(11-9-18)34(39)40)42-28-25(22)43-29(38)32(28)14-21(35)31-17-6-4-16(30)5-7-17/h2-13,22-24H,14H2,1H3,(H,31,35)/t22-,23-,24+/m0/s1. The van der Waals surface area contributed by atoms with Crippen molar-refractivity contribution in [2.75, 3.05) is 17.3 Å². The summed E-state index contributed by atoms with van der Waals surface area (Å²) in [7, 11) is 1.52. The highest BCUT2D eigenvalue weighted by molar-refractivity contribution is 8.00. The average Bonchev–Trinajstić information content (AvgIpc) is 3.44. The lowest BCUT2D eigenvalue weighted by molar-refractivity contribution is -0.384. The number of benzene rings is 3. The second-order valence-electron chi connectivity index (χ2n) is 9.78. The predicted octanol–water partition coefficient (Wildman–Crippen LogP) is 4.40. The number of carbonyl (C=O) groups is 3. The Morgan fingerprint density at radius 2 is 1.67 bits per heavy atom. The molecule has 0 radical (unpaired) electrons. The van der Waals surface area contributed by atoms with E-state index in [0.29, 0.717) is 26.9 Å². The quantitative estimate of drug-likeness (QED) is 0.182. The lowest BCUT2D eigenvalue weighted by Gasteiger charge is -2.30. The van der Waals surface area contributed by atoms with Crippen molar-refractivity contribution >= 4 is 57.9 Å². The van der Waals surface area contributed by atoms with Gasteiger partial charge in [0, 0.05) is 28.6 Å². The summed E-state index contributed by atoms with van der Waals surface area (Å²) in [5.41, 5.74) is 1.04. The molecule has 218 valence electrons. The first-order valence-corrected chi connectivity index (χ1v) is 14.6. The molecule has 0 unspecified atom stereocenters. The van der Waals surface area contributed by atoms with Crippen molar-refractivity contribution in [3.63, 3.8) is 0 Å². The number of imide groups is 1. The van der Waals surface area contributed by atoms with Gasteiger partial charge < -0.3 is 10.1 Å². The van der Waals surface area contributed by atoms with Crippen LogP contribution in [0.3, 0.4) is 0 Å². The van der Waals surface area contributed by atoms with Crippen molar-refractivity contribution in [3.05, 3.63) is 109 Å². The summed E-state index contributed by atoms with van der Waals surface area (Å²) < 4.78 is 19.8. The summed E-state index contributed by atoms with van der Waals surface area (Å²) in [5, 5.41) is 13.2. The summed E-state index contributed by atoms with van der Waals surface area (Å²) in [4.78, 5) is 65.6. The van der Waals surface area contributed by atoms with Gasteiger partial charge in [-0.05, 0) is 54.1 Å². The number of hydrogen-bond acceptors (Lipinski definition) is 9. The number of thiazole rings is 1. The number of non-ortho nitro benzene ring substituents is 1. The van der Waals surface area contributed by atoms with Gasteiger partial charge >= 0.3 is 4.87 Å². The Morgan fingerprint density at radius 3 is 2.30 bits per heavy atom. The lowest BCUT2D eigenvalue weighted by Crippen LogP contribution is -2.33. The normalized spacial score (nSPS) is 19.1. The molecule has 3 aromatic carbocycles. The molecule has 3 atom stereocenters. The van der Waals surface area contributed by atoms with E-state index in [-0.39, 0.29) is 17.9 Å². The molecule has 0 spiro atoms. The van der Waals surface area contributed by atoms with E-state index in [0.717, 1.165) is 28.0 Å². The number of nitrogens with zero attached hydrogens (tertiary/aromatic N) is 3. The third-order valence-corrected chi connectivity index (χ3v) is 9.88. The van der Waals surface area contributed by atoms with E-state index >= 15 is 0 Å². The van der Waals surface area contributed by atoms with Crippen LogP contribution in [0.2, 0.25) is 0 Å². The number of halogens is 1. The van der Waals surface area contributed by atoms with E-state index in [1.165, 1.54) is 60.2 Å². The molecular formula is C29H21FN4O7S2. The minimum atomic E-state index is -0.928. The average molecular weight is 621 g/mol. The Labute approximate surface area is 251 Å². The molecule has 0 aliphatic carbocycles. The number of nitro benzene ring substituents is 1. The number of anilines is 2. The van der Waals surface area contributed by atoms with Gasteiger partial charge in [0.15, 0.2) is 0 Å². The van der Waals surface area contributed by atoms with Crippen molar-refractivity contribution in [2.45, 2.75) is 22.7 Å². The largest absolute Gasteiger partial charge is 0.497 e. The van der Waals surface area contributed by atoms with Crippen molar-refractivity contribution < 1.29 is 28.4 Å². The van der Waals surface area contributed by atoms with Crippen molar-refractivity contribution in [3.8, 4) is 5.75 Å². The number of nitro groups is 1. The van der Waals surface area contributed by atoms with Gasteiger partial charge in [0.1, 0.15) is 23.4 Å². The fourth-order valence-corrected chi connectivity index (χ4v) is 8.05. The van der Waals surface area contributed by atoms with E-state index in [9.17, 15) is 33.7 Å². The monoisotopic (exact) mass is 620 g/mol. The van der Waals surface area contributed by atoms with Crippen LogP contribution in [-0.4, -0.2) is 39.6 Å². The van der Waals surface area contributed by atoms with Crippen molar-refractivity contribution in [2.24, 2.45) is 5.92 Å². The van der Waals surface area contributed by atoms with E-state index in [1.807, 2.05) is 0 Å². The molecule has 3 amide bonds. The number of hydrogen-bond donors (Lipinski definition) is 1. The zero-order valence-electron chi connectivity index (χ0n) is 22.3. The molecular weight excluding hydrogens is 599 g/mol. The van der Waals surface area contributed by atoms with Gasteiger partial charge in [-0.2, -0.15) is 0 Å². The Morgan fingerprint density at radius 1 is 1.00 bits per heavy atom. The zero-order valence-corrected chi connectivity index (χ0v) is 23.9. The molecule has 1 aromatic heterocycles. The molecule has 11 nitrogen and oxygen atoms in total. The summed E-state index contributed by atoms with van der Waals surface area (Å²) in [6.07, 6.45) is 0. The molecule has 6 rings (SSSR count). The van der Waals surface area contributed by atoms with Crippen LogP contribution in [0, 0.1) is 21.8 Å². The molecule has 0 bridgehead atoms. The molecule has 3 heterocycles. The third-order valence-electron chi connectivity index (χ3n) is 7.27. The van der Waals surface area contributed by atoms with E-state index in [1.54, 1.807) is 24.3 Å². The van der Waals surface area contributed by atoms with Gasteiger partial charge in [0.05, 0.1) is 28.7 Å². The second kappa shape index (κ2) is 11.1. The molecule has 2 aliphatic rings. The fourth-order valence-electron chi connectivity index (χ4n) is 5.28. The number of rotatable bonds is 7. The number of ether oxygens (including phenoxy) is 1. The molecule has 1 N–H and O–H groups in total. The highest BCUT2D eigenvalue weighted by Gasteiger charge is 2.56. The number of amides is 3. The van der Waals surface area contributed by atoms with Crippen LogP contribution in [0.25, 0.3) is 0 Å². The van der Waals surface area contributed by atoms with Gasteiger partial charge in [-0.25, -0.2) is 9.29 Å². The summed E-state index contributed by atoms with van der Waals surface area (Å²) in [6.45, 7) is -0.365. The van der Waals surface area contributed by atoms with Gasteiger partial charge in [-0.15, -0.1) is 0 Å². The highest BCUT2D eigenvalue weighted by Crippen LogP contribution is 2.54. The number of carbonyl (C=O) groups excluding carboxylic acids is 3. The Bertz CT molecular complexity index is 1820. The Balaban J connectivity index is 1.39. The predicted molar refractivity (Wildman–Crippen MR) is 157 cm³/mol. The van der Waals surface area contributed by atoms with Crippen LogP contribution in [0.1, 0.15) is 16.4 Å². The Hall–Kier alpha value is -4.82. The third kappa shape index (κ3) is 5.08. The zero-order chi connectivity index (χ0) is 30.4. The van der Waals surface area contributed by atoms with Crippen molar-refractivity contribution in [1.82, 2.24) is 4.57 Å². The molecule has 1 saturated heterocycles. The minimum Gasteiger partial charge on any atom is -0.497 e. The molecule has 0 saturated carbocycles. The number of methoxy groups -OCH3 is 1. The number of aromatic nitrogens is 1. The van der Waals surface area contributed by atoms with Crippen LogP contribution in [0.5, 0.6) is 5.75 Å². The fraction of sp³-hybridized carbons (Fsp3) is 0.172. The smallest absolute Gasteiger partial charge is 0.308 e. The number of thioether (sulfide) groups is 1. The van der Waals surface area contributed by atoms with Gasteiger partial charge in [0.2, 0.25) is 17.7 Å². The van der Waals surface area contributed by atoms with Gasteiger partial charge in [0.25, 0.3) is 5.69 Å². The summed E-state index contributed by atoms with van der Waals surface area (Å²) in [6, 6.07) is 17.3. The van der Waals surface area contributed by atoms with E-state index < -0.39 is 50.4 Å². The van der Waals surface area contributed by atoms with Gasteiger partial charge in [-0.1, -0.05) is 35.2 Å². The molecule has 1 fully saturated rings. The van der Waals surface area contributed by atoms with Crippen LogP contribution < -0.4 is 19.8 Å². The van der Waals surface area contributed by atoms with E-state index in [4.69, 9.17) is 4.74 Å². The van der Waals surface area contributed by atoms with E-state index in [2.05, 4.69) is 5.32 Å². The maximum Gasteiger partial charge on any atom is 0.308 e. The number of fused-ring (bicyclic) bond motifs is 2. The van der Waals surface area contributed by atoms with Crippen molar-refractivity contribution in [1.29, 1.82) is 0 Å². The molecule has 14 heteroatoms. The topological polar surface area (TPSA) is 141 Å². The van der Waals surface area contributed by atoms with Crippen LogP contribution in [0.4, 0.5) is 21.5 Å². The lowest BCUT2D eigenvalue weighted by atomic mass is 9.83. The molecule has 2 aliphatic heterocycles. The first kappa shape index (κ1) is 28.3. The summed E-state index contributed by atoms with van der Waals surface area (Å²) >= 11 is 1.95. The molecule has 4 aromatic rings. The second-order valence-corrected chi connectivity index (χ2v) is 11.9. The van der Waals surface area contributed by atoms with Crippen LogP contribution in [-0.2, 0) is 20.9 Å². The first-order chi connectivity index (χ1) is 20.7. The minimum absolute atomic E-state index is 0.184. The summed E-state index contributed by atoms with van der Waals surface area (Å²) in [5.74, 6) is -3.01. The highest BCUT2D eigenvalue weighted by atomic mass is 32.2. The van der Waals surface area contributed by atoms with Crippen LogP contribution >= 0.6 is 23.1 Å². The van der Waals surface area contributed by atoms with Gasteiger partial charge in [-0.3, -0.25) is 33.9 Å².